The normalized spacial score (nSPS) is 19.1. The number of aromatic nitrogens is 2. The van der Waals surface area contributed by atoms with E-state index in [2.05, 4.69) is 15.3 Å². The minimum absolute atomic E-state index is 0.114. The second-order valence-corrected chi connectivity index (χ2v) is 9.46. The molecule has 180 valence electrons. The van der Waals surface area contributed by atoms with Gasteiger partial charge < -0.3 is 15.4 Å². The fraction of sp³-hybridized carbons (Fsp3) is 0.524. The minimum atomic E-state index is -4.46. The number of rotatable bonds is 6. The van der Waals surface area contributed by atoms with Crippen LogP contribution in [0.25, 0.3) is 10.4 Å². The molecule has 0 spiro atoms. The predicted molar refractivity (Wildman–Crippen MR) is 118 cm³/mol. The van der Waals surface area contributed by atoms with Crippen LogP contribution in [0.5, 0.6) is 0 Å². The monoisotopic (exact) mass is 485 g/mol. The Morgan fingerprint density at radius 2 is 2.06 bits per heavy atom. The van der Waals surface area contributed by atoms with E-state index in [1.54, 1.807) is 13.0 Å². The largest absolute Gasteiger partial charge is 0.399 e. The lowest BCUT2D eigenvalue weighted by atomic mass is 9.87. The second kappa shape index (κ2) is 9.26. The SMILES string of the molecule is COC[C@@H]1CCN(C(=O)Nc2nc(C)c(-c3ccnc(C(C)(C)C(F)(F)F)c3)s2)[C@@H]1C(N)=O. The van der Waals surface area contributed by atoms with Gasteiger partial charge in [0, 0.05) is 25.8 Å². The highest BCUT2D eigenvalue weighted by Crippen LogP contribution is 2.41. The van der Waals surface area contributed by atoms with E-state index in [9.17, 15) is 22.8 Å². The number of halogens is 3. The van der Waals surface area contributed by atoms with Gasteiger partial charge in [0.2, 0.25) is 5.91 Å². The molecule has 3 N–H and O–H groups in total. The maximum Gasteiger partial charge on any atom is 0.399 e. The summed E-state index contributed by atoms with van der Waals surface area (Å²) in [6.45, 7) is 4.49. The van der Waals surface area contributed by atoms with Crippen molar-refractivity contribution in [2.75, 3.05) is 25.6 Å². The van der Waals surface area contributed by atoms with E-state index in [1.165, 1.54) is 24.3 Å². The van der Waals surface area contributed by atoms with Crippen molar-refractivity contribution >= 4 is 28.4 Å². The zero-order valence-corrected chi connectivity index (χ0v) is 19.5. The van der Waals surface area contributed by atoms with Crippen LogP contribution in [-0.2, 0) is 14.9 Å². The van der Waals surface area contributed by atoms with Gasteiger partial charge in [-0.15, -0.1) is 0 Å². The minimum Gasteiger partial charge on any atom is -0.384 e. The summed E-state index contributed by atoms with van der Waals surface area (Å²) in [5.41, 5.74) is 4.33. The van der Waals surface area contributed by atoms with Crippen molar-refractivity contribution in [3.63, 3.8) is 0 Å². The van der Waals surface area contributed by atoms with E-state index >= 15 is 0 Å². The van der Waals surface area contributed by atoms with E-state index in [0.29, 0.717) is 35.7 Å². The molecule has 3 heterocycles. The Morgan fingerprint density at radius 3 is 2.67 bits per heavy atom. The number of amides is 3. The molecule has 12 heteroatoms. The number of alkyl halides is 3. The zero-order valence-electron chi connectivity index (χ0n) is 18.7. The fourth-order valence-corrected chi connectivity index (χ4v) is 4.75. The molecule has 3 rings (SSSR count). The number of aryl methyl sites for hydroxylation is 1. The summed E-state index contributed by atoms with van der Waals surface area (Å²) in [4.78, 5) is 35.0. The van der Waals surface area contributed by atoms with Crippen molar-refractivity contribution in [2.45, 2.75) is 44.8 Å². The van der Waals surface area contributed by atoms with Gasteiger partial charge in [0.1, 0.15) is 11.5 Å². The quantitative estimate of drug-likeness (QED) is 0.648. The van der Waals surface area contributed by atoms with Crippen LogP contribution in [0.3, 0.4) is 0 Å². The van der Waals surface area contributed by atoms with Crippen LogP contribution in [0.4, 0.5) is 23.1 Å². The van der Waals surface area contributed by atoms with Gasteiger partial charge in [0.05, 0.1) is 22.9 Å². The van der Waals surface area contributed by atoms with Crippen LogP contribution in [0, 0.1) is 12.8 Å². The maximum atomic E-state index is 13.4. The Labute approximate surface area is 193 Å². The van der Waals surface area contributed by atoms with Crippen LogP contribution >= 0.6 is 11.3 Å². The second-order valence-electron chi connectivity index (χ2n) is 8.46. The van der Waals surface area contributed by atoms with Crippen LogP contribution in [0.15, 0.2) is 18.3 Å². The van der Waals surface area contributed by atoms with E-state index < -0.39 is 29.6 Å². The molecule has 0 saturated carbocycles. The number of nitrogens with two attached hydrogens (primary N) is 1. The van der Waals surface area contributed by atoms with E-state index in [1.807, 2.05) is 0 Å². The van der Waals surface area contributed by atoms with Gasteiger partial charge in [-0.1, -0.05) is 11.3 Å². The van der Waals surface area contributed by atoms with Crippen LogP contribution in [0.1, 0.15) is 31.7 Å². The number of anilines is 1. The van der Waals surface area contributed by atoms with Crippen molar-refractivity contribution in [1.29, 1.82) is 0 Å². The molecule has 2 aromatic heterocycles. The highest BCUT2D eigenvalue weighted by molar-refractivity contribution is 7.19. The summed E-state index contributed by atoms with van der Waals surface area (Å²) in [6.07, 6.45) is -2.56. The first-order valence-electron chi connectivity index (χ1n) is 10.2. The molecular weight excluding hydrogens is 459 g/mol. The molecular formula is C21H26F3N5O3S. The van der Waals surface area contributed by atoms with Crippen molar-refractivity contribution in [1.82, 2.24) is 14.9 Å². The number of carbonyl (C=O) groups excluding carboxylic acids is 2. The summed E-state index contributed by atoms with van der Waals surface area (Å²) in [5, 5.41) is 2.94. The molecule has 0 radical (unpaired) electrons. The number of carbonyl (C=O) groups is 2. The van der Waals surface area contributed by atoms with Crippen LogP contribution < -0.4 is 11.1 Å². The number of pyridine rings is 1. The number of hydrogen-bond acceptors (Lipinski definition) is 6. The summed E-state index contributed by atoms with van der Waals surface area (Å²) >= 11 is 1.13. The van der Waals surface area contributed by atoms with Gasteiger partial charge in [-0.3, -0.25) is 15.1 Å². The van der Waals surface area contributed by atoms with Crippen molar-refractivity contribution < 1.29 is 27.5 Å². The topological polar surface area (TPSA) is 110 Å². The van der Waals surface area contributed by atoms with E-state index in [-0.39, 0.29) is 16.7 Å². The van der Waals surface area contributed by atoms with Gasteiger partial charge in [0.25, 0.3) is 0 Å². The Balaban J connectivity index is 1.82. The van der Waals surface area contributed by atoms with Gasteiger partial charge >= 0.3 is 12.2 Å². The molecule has 1 aliphatic heterocycles. The third kappa shape index (κ3) is 4.96. The Hall–Kier alpha value is -2.73. The number of urea groups is 1. The zero-order chi connectivity index (χ0) is 24.6. The van der Waals surface area contributed by atoms with Gasteiger partial charge in [-0.05, 0) is 44.9 Å². The first kappa shape index (κ1) is 24.9. The molecule has 1 saturated heterocycles. The van der Waals surface area contributed by atoms with Crippen LogP contribution in [-0.4, -0.2) is 59.3 Å². The Morgan fingerprint density at radius 1 is 1.36 bits per heavy atom. The Bertz CT molecular complexity index is 1040. The highest BCUT2D eigenvalue weighted by atomic mass is 32.1. The third-order valence-corrected chi connectivity index (χ3v) is 6.96. The van der Waals surface area contributed by atoms with Gasteiger partial charge in [-0.25, -0.2) is 9.78 Å². The van der Waals surface area contributed by atoms with Crippen LogP contribution in [0.2, 0.25) is 0 Å². The van der Waals surface area contributed by atoms with Gasteiger partial charge in [0.15, 0.2) is 5.13 Å². The molecule has 33 heavy (non-hydrogen) atoms. The number of nitrogens with one attached hydrogen (secondary N) is 1. The molecule has 0 aromatic carbocycles. The van der Waals surface area contributed by atoms with E-state index in [4.69, 9.17) is 10.5 Å². The lowest BCUT2D eigenvalue weighted by Crippen LogP contribution is -2.48. The molecule has 1 aliphatic rings. The summed E-state index contributed by atoms with van der Waals surface area (Å²) in [5.74, 6) is -0.809. The molecule has 3 amide bonds. The van der Waals surface area contributed by atoms with Crippen molar-refractivity contribution in [3.05, 3.63) is 29.7 Å². The Kier molecular flexibility index (Phi) is 6.99. The maximum absolute atomic E-state index is 13.4. The average Bonchev–Trinajstić information content (AvgIpc) is 3.31. The smallest absolute Gasteiger partial charge is 0.384 e. The molecule has 0 unspecified atom stereocenters. The molecule has 2 atom stereocenters. The molecule has 0 aliphatic carbocycles. The van der Waals surface area contributed by atoms with E-state index in [0.717, 1.165) is 25.2 Å². The summed E-state index contributed by atoms with van der Waals surface area (Å²) in [6, 6.07) is 1.67. The van der Waals surface area contributed by atoms with Crippen molar-refractivity contribution in [2.24, 2.45) is 11.7 Å². The fourth-order valence-electron chi connectivity index (χ4n) is 3.80. The molecule has 2 aromatic rings. The first-order valence-corrected chi connectivity index (χ1v) is 11.1. The number of nitrogens with zero attached hydrogens (tertiary/aromatic N) is 3. The molecule has 0 bridgehead atoms. The molecule has 8 nitrogen and oxygen atoms in total. The summed E-state index contributed by atoms with van der Waals surface area (Å²) in [7, 11) is 1.51. The lowest BCUT2D eigenvalue weighted by Gasteiger charge is -2.27. The number of ether oxygens (including phenoxy) is 1. The van der Waals surface area contributed by atoms with Gasteiger partial charge in [-0.2, -0.15) is 13.2 Å². The molecule has 1 fully saturated rings. The first-order chi connectivity index (χ1) is 15.4. The third-order valence-electron chi connectivity index (χ3n) is 5.84. The number of thiazole rings is 1. The summed E-state index contributed by atoms with van der Waals surface area (Å²) < 4.78 is 45.5. The average molecular weight is 486 g/mol. The number of hydrogen-bond donors (Lipinski definition) is 2. The standard InChI is InChI=1S/C21H26F3N5O3S/c1-11-16(12-5-7-26-14(9-12)20(2,3)21(22,23)24)33-18(27-11)28-19(31)29-8-6-13(10-32-4)15(29)17(25)30/h5,7,9,13,15H,6,8,10H2,1-4H3,(H2,25,30)(H,27,28,31)/t13-,15-/m0/s1. The number of methoxy groups -OCH3 is 1. The number of primary amides is 1. The number of likely N-dealkylation sites (tertiary alicyclic amines) is 1. The predicted octanol–water partition coefficient (Wildman–Crippen LogP) is 3.71. The lowest BCUT2D eigenvalue weighted by molar-refractivity contribution is -0.181. The highest BCUT2D eigenvalue weighted by Gasteiger charge is 2.49. The van der Waals surface area contributed by atoms with Crippen molar-refractivity contribution in [3.8, 4) is 10.4 Å².